The highest BCUT2D eigenvalue weighted by Crippen LogP contribution is 2.11. The molecule has 1 N–H and O–H groups in total. The van der Waals surface area contributed by atoms with Gasteiger partial charge in [0.15, 0.2) is 0 Å². The first-order chi connectivity index (χ1) is 5.18. The van der Waals surface area contributed by atoms with Gasteiger partial charge < -0.3 is 10.1 Å². The Kier molecular flexibility index (Phi) is 3.34. The molecule has 1 heterocycles. The molecule has 0 radical (unpaired) electrons. The first-order valence-electron chi connectivity index (χ1n) is 4.56. The monoisotopic (exact) mass is 157 g/mol. The zero-order chi connectivity index (χ0) is 8.27. The van der Waals surface area contributed by atoms with Crippen LogP contribution in [0.5, 0.6) is 0 Å². The molecule has 0 aromatic carbocycles. The second kappa shape index (κ2) is 4.07. The minimum atomic E-state index is 0.368. The summed E-state index contributed by atoms with van der Waals surface area (Å²) in [6, 6.07) is 1.29. The number of hydrogen-bond donors (Lipinski definition) is 1. The highest BCUT2D eigenvalue weighted by Gasteiger charge is 2.19. The van der Waals surface area contributed by atoms with Crippen LogP contribution in [0.4, 0.5) is 0 Å². The van der Waals surface area contributed by atoms with E-state index < -0.39 is 0 Å². The van der Waals surface area contributed by atoms with Gasteiger partial charge in [-0.1, -0.05) is 0 Å². The molecule has 1 saturated heterocycles. The van der Waals surface area contributed by atoms with Gasteiger partial charge in [0.2, 0.25) is 0 Å². The first-order valence-corrected chi connectivity index (χ1v) is 4.56. The van der Waals surface area contributed by atoms with Crippen molar-refractivity contribution in [2.75, 3.05) is 6.61 Å². The fourth-order valence-electron chi connectivity index (χ4n) is 1.46. The third kappa shape index (κ3) is 3.21. The van der Waals surface area contributed by atoms with Gasteiger partial charge in [-0.25, -0.2) is 0 Å². The van der Waals surface area contributed by atoms with Crippen LogP contribution in [0.1, 0.15) is 33.6 Å². The van der Waals surface area contributed by atoms with Crippen molar-refractivity contribution >= 4 is 0 Å². The summed E-state index contributed by atoms with van der Waals surface area (Å²) in [5.41, 5.74) is 0. The van der Waals surface area contributed by atoms with E-state index in [1.165, 1.54) is 12.8 Å². The van der Waals surface area contributed by atoms with Crippen LogP contribution < -0.4 is 5.32 Å². The van der Waals surface area contributed by atoms with Gasteiger partial charge in [-0.15, -0.1) is 0 Å². The van der Waals surface area contributed by atoms with Crippen molar-refractivity contribution in [2.24, 2.45) is 0 Å². The second-order valence-electron chi connectivity index (χ2n) is 3.72. The Bertz CT molecular complexity index is 114. The summed E-state index contributed by atoms with van der Waals surface area (Å²) >= 11 is 0. The summed E-state index contributed by atoms with van der Waals surface area (Å²) < 4.78 is 5.51. The van der Waals surface area contributed by atoms with Crippen molar-refractivity contribution in [1.29, 1.82) is 0 Å². The van der Waals surface area contributed by atoms with Crippen molar-refractivity contribution in [1.82, 2.24) is 5.32 Å². The highest BCUT2D eigenvalue weighted by molar-refractivity contribution is 4.80. The fraction of sp³-hybridized carbons (Fsp3) is 1.00. The number of hydrogen-bond acceptors (Lipinski definition) is 2. The van der Waals surface area contributed by atoms with E-state index in [0.717, 1.165) is 6.61 Å². The van der Waals surface area contributed by atoms with Gasteiger partial charge in [0.1, 0.15) is 0 Å². The molecule has 0 aromatic heterocycles. The van der Waals surface area contributed by atoms with Gasteiger partial charge >= 0.3 is 0 Å². The average Bonchev–Trinajstić information content (AvgIpc) is 2.31. The molecule has 0 spiro atoms. The molecule has 2 nitrogen and oxygen atoms in total. The van der Waals surface area contributed by atoms with Gasteiger partial charge in [-0.3, -0.25) is 0 Å². The Hall–Kier alpha value is -0.0800. The Labute approximate surface area is 69.3 Å². The van der Waals surface area contributed by atoms with E-state index in [4.69, 9.17) is 4.74 Å². The number of rotatable bonds is 3. The SMILES string of the molecule is CC(C)OC[C@H]1CC[C@H](C)N1. The predicted octanol–water partition coefficient (Wildman–Crippen LogP) is 1.55. The van der Waals surface area contributed by atoms with Crippen LogP contribution in [-0.4, -0.2) is 24.8 Å². The fourth-order valence-corrected chi connectivity index (χ4v) is 1.46. The smallest absolute Gasteiger partial charge is 0.0623 e. The van der Waals surface area contributed by atoms with E-state index in [0.29, 0.717) is 18.2 Å². The molecule has 66 valence electrons. The number of nitrogens with one attached hydrogen (secondary N) is 1. The molecule has 1 aliphatic rings. The van der Waals surface area contributed by atoms with Gasteiger partial charge in [0.05, 0.1) is 12.7 Å². The normalized spacial score (nSPS) is 31.6. The second-order valence-corrected chi connectivity index (χ2v) is 3.72. The van der Waals surface area contributed by atoms with E-state index >= 15 is 0 Å². The lowest BCUT2D eigenvalue weighted by Gasteiger charge is -2.14. The minimum absolute atomic E-state index is 0.368. The minimum Gasteiger partial charge on any atom is -0.377 e. The van der Waals surface area contributed by atoms with Crippen LogP contribution in [-0.2, 0) is 4.74 Å². The van der Waals surface area contributed by atoms with Crippen LogP contribution in [0.2, 0.25) is 0 Å². The van der Waals surface area contributed by atoms with Crippen LogP contribution in [0, 0.1) is 0 Å². The molecule has 2 heteroatoms. The molecular weight excluding hydrogens is 138 g/mol. The largest absolute Gasteiger partial charge is 0.377 e. The van der Waals surface area contributed by atoms with E-state index in [9.17, 15) is 0 Å². The Balaban J connectivity index is 2.08. The zero-order valence-electron chi connectivity index (χ0n) is 7.76. The molecule has 1 fully saturated rings. The average molecular weight is 157 g/mol. The Morgan fingerprint density at radius 3 is 2.64 bits per heavy atom. The van der Waals surface area contributed by atoms with E-state index in [1.54, 1.807) is 0 Å². The first kappa shape index (κ1) is 9.01. The molecule has 0 aromatic rings. The molecule has 0 amide bonds. The van der Waals surface area contributed by atoms with E-state index in [-0.39, 0.29) is 0 Å². The molecular formula is C9H19NO. The molecule has 0 saturated carbocycles. The van der Waals surface area contributed by atoms with Crippen molar-refractivity contribution in [3.8, 4) is 0 Å². The van der Waals surface area contributed by atoms with E-state index in [2.05, 4.69) is 26.1 Å². The van der Waals surface area contributed by atoms with E-state index in [1.807, 2.05) is 0 Å². The lowest BCUT2D eigenvalue weighted by atomic mass is 10.2. The maximum atomic E-state index is 5.51. The van der Waals surface area contributed by atoms with Gasteiger partial charge in [0.25, 0.3) is 0 Å². The summed E-state index contributed by atoms with van der Waals surface area (Å²) in [7, 11) is 0. The molecule has 1 aliphatic heterocycles. The van der Waals surface area contributed by atoms with Crippen molar-refractivity contribution in [3.05, 3.63) is 0 Å². The standard InChI is InChI=1S/C9H19NO/c1-7(2)11-6-9-5-4-8(3)10-9/h7-10H,4-6H2,1-3H3/t8-,9+/m0/s1. The van der Waals surface area contributed by atoms with Crippen molar-refractivity contribution in [2.45, 2.75) is 51.8 Å². The summed E-state index contributed by atoms with van der Waals surface area (Å²) in [5, 5.41) is 3.48. The third-order valence-corrected chi connectivity index (χ3v) is 2.10. The van der Waals surface area contributed by atoms with Crippen LogP contribution in [0.25, 0.3) is 0 Å². The van der Waals surface area contributed by atoms with Gasteiger partial charge in [-0.2, -0.15) is 0 Å². The quantitative estimate of drug-likeness (QED) is 0.671. The maximum absolute atomic E-state index is 5.51. The van der Waals surface area contributed by atoms with Crippen molar-refractivity contribution < 1.29 is 4.74 Å². The molecule has 11 heavy (non-hydrogen) atoms. The summed E-state index contributed by atoms with van der Waals surface area (Å²) in [5.74, 6) is 0. The topological polar surface area (TPSA) is 21.3 Å². The van der Waals surface area contributed by atoms with Gasteiger partial charge in [0, 0.05) is 12.1 Å². The Morgan fingerprint density at radius 2 is 2.18 bits per heavy atom. The van der Waals surface area contributed by atoms with Gasteiger partial charge in [-0.05, 0) is 33.6 Å². The zero-order valence-corrected chi connectivity index (χ0v) is 7.76. The number of ether oxygens (including phenoxy) is 1. The molecule has 0 unspecified atom stereocenters. The Morgan fingerprint density at radius 1 is 1.45 bits per heavy atom. The molecule has 0 aliphatic carbocycles. The molecule has 2 atom stereocenters. The van der Waals surface area contributed by atoms with Crippen LogP contribution in [0.15, 0.2) is 0 Å². The molecule has 1 rings (SSSR count). The predicted molar refractivity (Wildman–Crippen MR) is 46.7 cm³/mol. The maximum Gasteiger partial charge on any atom is 0.0623 e. The third-order valence-electron chi connectivity index (χ3n) is 2.10. The molecule has 0 bridgehead atoms. The highest BCUT2D eigenvalue weighted by atomic mass is 16.5. The van der Waals surface area contributed by atoms with Crippen LogP contribution >= 0.6 is 0 Å². The lowest BCUT2D eigenvalue weighted by molar-refractivity contribution is 0.0642. The van der Waals surface area contributed by atoms with Crippen LogP contribution in [0.3, 0.4) is 0 Å². The summed E-state index contributed by atoms with van der Waals surface area (Å²) in [4.78, 5) is 0. The van der Waals surface area contributed by atoms with Crippen molar-refractivity contribution in [3.63, 3.8) is 0 Å². The summed E-state index contributed by atoms with van der Waals surface area (Å²) in [6.07, 6.45) is 2.94. The lowest BCUT2D eigenvalue weighted by Crippen LogP contribution is -2.31. The summed E-state index contributed by atoms with van der Waals surface area (Å²) in [6.45, 7) is 7.27.